The van der Waals surface area contributed by atoms with Crippen molar-refractivity contribution in [2.45, 2.75) is 0 Å². The van der Waals surface area contributed by atoms with E-state index in [-0.39, 0.29) is 11.7 Å². The molecule has 1 heterocycles. The number of furan rings is 1. The number of halogens is 1. The molecule has 2 N–H and O–H groups in total. The van der Waals surface area contributed by atoms with Crippen LogP contribution >= 0.6 is 11.6 Å². The summed E-state index contributed by atoms with van der Waals surface area (Å²) >= 11 is 5.28. The number of alkyl halides is 1. The van der Waals surface area contributed by atoms with Crippen LogP contribution in [-0.2, 0) is 10.0 Å². The average Bonchev–Trinajstić information content (AvgIpc) is 2.95. The number of hydrogen-bond acceptors (Lipinski definition) is 4. The Morgan fingerprint density at radius 1 is 1.15 bits per heavy atom. The molecular weight excluding hydrogens is 304 g/mol. The molecule has 106 valence electrons. The first-order valence-electron chi connectivity index (χ1n) is 5.51. The molecule has 1 aromatic carbocycles. The van der Waals surface area contributed by atoms with Crippen molar-refractivity contribution >= 4 is 38.9 Å². The molecule has 0 atom stereocenters. The Morgan fingerprint density at radius 2 is 1.80 bits per heavy atom. The van der Waals surface area contributed by atoms with Crippen molar-refractivity contribution in [1.82, 2.24) is 0 Å². The zero-order valence-electron chi connectivity index (χ0n) is 10.2. The van der Waals surface area contributed by atoms with Gasteiger partial charge < -0.3 is 9.73 Å². The van der Waals surface area contributed by atoms with Crippen molar-refractivity contribution in [3.05, 3.63) is 48.4 Å². The Bertz CT molecular complexity index is 681. The number of amides is 1. The third-order valence-electron chi connectivity index (χ3n) is 2.30. The number of benzene rings is 1. The molecule has 0 unspecified atom stereocenters. The zero-order chi connectivity index (χ0) is 14.6. The van der Waals surface area contributed by atoms with Crippen LogP contribution in [0.3, 0.4) is 0 Å². The van der Waals surface area contributed by atoms with Gasteiger partial charge in [0.25, 0.3) is 5.91 Å². The lowest BCUT2D eigenvalue weighted by atomic mass is 10.3. The summed E-state index contributed by atoms with van der Waals surface area (Å²) in [6, 6.07) is 9.31. The molecule has 0 bridgehead atoms. The Morgan fingerprint density at radius 3 is 2.35 bits per heavy atom. The van der Waals surface area contributed by atoms with E-state index in [1.165, 1.54) is 24.5 Å². The van der Waals surface area contributed by atoms with E-state index in [2.05, 4.69) is 10.0 Å². The van der Waals surface area contributed by atoms with E-state index in [0.717, 1.165) is 0 Å². The van der Waals surface area contributed by atoms with Gasteiger partial charge in [-0.3, -0.25) is 9.52 Å². The molecule has 6 nitrogen and oxygen atoms in total. The smallest absolute Gasteiger partial charge is 0.291 e. The maximum Gasteiger partial charge on any atom is 0.291 e. The van der Waals surface area contributed by atoms with Crippen molar-refractivity contribution in [3.63, 3.8) is 0 Å². The predicted octanol–water partition coefficient (Wildman–Crippen LogP) is 2.47. The molecule has 0 saturated carbocycles. The van der Waals surface area contributed by atoms with Crippen LogP contribution in [0.4, 0.5) is 11.4 Å². The van der Waals surface area contributed by atoms with Gasteiger partial charge in [-0.1, -0.05) is 0 Å². The Labute approximate surface area is 120 Å². The highest BCUT2D eigenvalue weighted by atomic mass is 35.5. The van der Waals surface area contributed by atoms with Crippen molar-refractivity contribution in [1.29, 1.82) is 0 Å². The minimum atomic E-state index is -3.53. The first-order chi connectivity index (χ1) is 9.50. The maximum absolute atomic E-state index is 11.7. The number of hydrogen-bond donors (Lipinski definition) is 2. The van der Waals surface area contributed by atoms with Crippen LogP contribution in [0.25, 0.3) is 0 Å². The van der Waals surface area contributed by atoms with Crippen molar-refractivity contribution in [2.24, 2.45) is 0 Å². The Kier molecular flexibility index (Phi) is 4.31. The number of rotatable bonds is 5. The number of carbonyl (C=O) groups excluding carboxylic acids is 1. The fraction of sp³-hybridized carbons (Fsp3) is 0.0833. The van der Waals surface area contributed by atoms with Crippen LogP contribution in [0.15, 0.2) is 47.1 Å². The first-order valence-corrected chi connectivity index (χ1v) is 7.70. The van der Waals surface area contributed by atoms with Crippen LogP contribution in [-0.4, -0.2) is 19.5 Å². The van der Waals surface area contributed by atoms with E-state index < -0.39 is 15.2 Å². The van der Waals surface area contributed by atoms with Crippen LogP contribution in [0.5, 0.6) is 0 Å². The predicted molar refractivity (Wildman–Crippen MR) is 76.4 cm³/mol. The van der Waals surface area contributed by atoms with Crippen LogP contribution < -0.4 is 10.0 Å². The molecule has 2 aromatic rings. The van der Waals surface area contributed by atoms with Gasteiger partial charge in [0.15, 0.2) is 5.76 Å². The van der Waals surface area contributed by atoms with Gasteiger partial charge >= 0.3 is 0 Å². The summed E-state index contributed by atoms with van der Waals surface area (Å²) in [5.74, 6) is -0.194. The highest BCUT2D eigenvalue weighted by Crippen LogP contribution is 2.16. The largest absolute Gasteiger partial charge is 0.459 e. The van der Waals surface area contributed by atoms with Crippen molar-refractivity contribution in [2.75, 3.05) is 15.3 Å². The lowest BCUT2D eigenvalue weighted by Crippen LogP contribution is -2.14. The molecule has 20 heavy (non-hydrogen) atoms. The summed E-state index contributed by atoms with van der Waals surface area (Å²) in [6.07, 6.45) is 1.40. The summed E-state index contributed by atoms with van der Waals surface area (Å²) in [4.78, 5) is 11.7. The van der Waals surface area contributed by atoms with Gasteiger partial charge in [0.05, 0.1) is 6.26 Å². The van der Waals surface area contributed by atoms with E-state index >= 15 is 0 Å². The van der Waals surface area contributed by atoms with E-state index in [9.17, 15) is 13.2 Å². The molecule has 0 fully saturated rings. The SMILES string of the molecule is O=C(Nc1ccc(NS(=O)(=O)CCl)cc1)c1ccco1. The number of nitrogens with one attached hydrogen (secondary N) is 2. The minimum Gasteiger partial charge on any atom is -0.459 e. The van der Waals surface area contributed by atoms with Gasteiger partial charge in [-0.25, -0.2) is 8.42 Å². The zero-order valence-corrected chi connectivity index (χ0v) is 11.7. The van der Waals surface area contributed by atoms with Gasteiger partial charge in [0.1, 0.15) is 5.21 Å². The summed E-state index contributed by atoms with van der Waals surface area (Å²) in [6.45, 7) is 0. The second-order valence-electron chi connectivity index (χ2n) is 3.83. The van der Waals surface area contributed by atoms with Crippen molar-refractivity contribution in [3.8, 4) is 0 Å². The Hall–Kier alpha value is -1.99. The summed E-state index contributed by atoms with van der Waals surface area (Å²) in [5.41, 5.74) is 0.877. The maximum atomic E-state index is 11.7. The summed E-state index contributed by atoms with van der Waals surface area (Å²) < 4.78 is 29.8. The van der Waals surface area contributed by atoms with E-state index in [0.29, 0.717) is 11.4 Å². The quantitative estimate of drug-likeness (QED) is 0.830. The van der Waals surface area contributed by atoms with Crippen LogP contribution in [0, 0.1) is 0 Å². The third kappa shape index (κ3) is 3.75. The molecule has 1 amide bonds. The standard InChI is InChI=1S/C12H11ClN2O4S/c13-8-20(17,18)15-10-5-3-9(4-6-10)14-12(16)11-2-1-7-19-11/h1-7,15H,8H2,(H,14,16). The van der Waals surface area contributed by atoms with Gasteiger partial charge in [-0.05, 0) is 36.4 Å². The second-order valence-corrected chi connectivity index (χ2v) is 6.14. The van der Waals surface area contributed by atoms with E-state index in [1.807, 2.05) is 0 Å². The molecule has 0 aliphatic carbocycles. The van der Waals surface area contributed by atoms with Crippen LogP contribution in [0.1, 0.15) is 10.6 Å². The monoisotopic (exact) mass is 314 g/mol. The van der Waals surface area contributed by atoms with Gasteiger partial charge in [-0.2, -0.15) is 0 Å². The first kappa shape index (κ1) is 14.4. The van der Waals surface area contributed by atoms with Gasteiger partial charge in [-0.15, -0.1) is 11.6 Å². The number of sulfonamides is 1. The topological polar surface area (TPSA) is 88.4 Å². The van der Waals surface area contributed by atoms with Crippen LogP contribution in [0.2, 0.25) is 0 Å². The molecule has 0 saturated heterocycles. The Balaban J connectivity index is 2.04. The van der Waals surface area contributed by atoms with E-state index in [4.69, 9.17) is 16.0 Å². The fourth-order valence-corrected chi connectivity index (χ4v) is 2.14. The highest BCUT2D eigenvalue weighted by Gasteiger charge is 2.10. The molecule has 0 spiro atoms. The number of anilines is 2. The molecule has 1 aromatic heterocycles. The normalized spacial score (nSPS) is 11.1. The second kappa shape index (κ2) is 5.98. The number of carbonyl (C=O) groups is 1. The summed E-state index contributed by atoms with van der Waals surface area (Å²) in [7, 11) is -3.53. The molecule has 0 aliphatic heterocycles. The lowest BCUT2D eigenvalue weighted by Gasteiger charge is -2.07. The van der Waals surface area contributed by atoms with E-state index in [1.54, 1.807) is 18.2 Å². The fourth-order valence-electron chi connectivity index (χ4n) is 1.43. The molecule has 8 heteroatoms. The summed E-state index contributed by atoms with van der Waals surface area (Å²) in [5, 5.41) is 2.09. The van der Waals surface area contributed by atoms with Gasteiger partial charge in [0.2, 0.25) is 10.0 Å². The molecular formula is C12H11ClN2O4S. The van der Waals surface area contributed by atoms with Crippen molar-refractivity contribution < 1.29 is 17.6 Å². The molecule has 2 rings (SSSR count). The third-order valence-corrected chi connectivity index (χ3v) is 4.00. The highest BCUT2D eigenvalue weighted by molar-refractivity contribution is 7.93. The minimum absolute atomic E-state index is 0.192. The average molecular weight is 315 g/mol. The lowest BCUT2D eigenvalue weighted by molar-refractivity contribution is 0.0996. The molecule has 0 radical (unpaired) electrons. The molecule has 0 aliphatic rings. The van der Waals surface area contributed by atoms with Gasteiger partial charge in [0, 0.05) is 11.4 Å².